The van der Waals surface area contributed by atoms with Gasteiger partial charge in [0.2, 0.25) is 5.91 Å². The van der Waals surface area contributed by atoms with Crippen LogP contribution in [0, 0.1) is 5.82 Å². The van der Waals surface area contributed by atoms with E-state index < -0.39 is 0 Å². The second kappa shape index (κ2) is 5.93. The van der Waals surface area contributed by atoms with E-state index in [2.05, 4.69) is 36.8 Å². The Labute approximate surface area is 138 Å². The van der Waals surface area contributed by atoms with Crippen molar-refractivity contribution in [1.82, 2.24) is 9.88 Å². The quantitative estimate of drug-likeness (QED) is 0.795. The molecule has 1 amide bonds. The van der Waals surface area contributed by atoms with Crippen molar-refractivity contribution in [2.24, 2.45) is 0 Å². The average Bonchev–Trinajstić information content (AvgIpc) is 2.76. The molecule has 6 heteroatoms. The molecule has 0 fully saturated rings. The van der Waals surface area contributed by atoms with Gasteiger partial charge in [-0.05, 0) is 43.5 Å². The minimum absolute atomic E-state index is 0.0463. The molecule has 0 unspecified atom stereocenters. The van der Waals surface area contributed by atoms with Gasteiger partial charge in [-0.15, -0.1) is 0 Å². The number of nitrogens with one attached hydrogen (secondary N) is 1. The van der Waals surface area contributed by atoms with Crippen molar-refractivity contribution in [3.05, 3.63) is 56.0 Å². The Morgan fingerprint density at radius 1 is 1.33 bits per heavy atom. The summed E-state index contributed by atoms with van der Waals surface area (Å²) in [7, 11) is 0. The molecule has 0 radical (unpaired) electrons. The predicted molar refractivity (Wildman–Crippen MR) is 85.4 cm³/mol. The molecule has 110 valence electrons. The molecule has 3 rings (SSSR count). The Morgan fingerprint density at radius 3 is 2.86 bits per heavy atom. The predicted octanol–water partition coefficient (Wildman–Crippen LogP) is 3.81. The highest BCUT2D eigenvalue weighted by Gasteiger charge is 2.25. The first-order valence-electron chi connectivity index (χ1n) is 6.62. The largest absolute Gasteiger partial charge is 0.352 e. The van der Waals surface area contributed by atoms with Gasteiger partial charge in [-0.1, -0.05) is 18.2 Å². The normalized spacial score (nSPS) is 14.1. The molecule has 0 atom stereocenters. The van der Waals surface area contributed by atoms with Crippen LogP contribution in [0.2, 0.25) is 0 Å². The summed E-state index contributed by atoms with van der Waals surface area (Å²) >= 11 is 6.96. The van der Waals surface area contributed by atoms with E-state index in [1.54, 1.807) is 23.1 Å². The molecule has 2 aromatic rings. The molecular formula is C15H13Br2FN2O. The lowest BCUT2D eigenvalue weighted by molar-refractivity contribution is -0.131. The number of H-pyrrole nitrogens is 1. The number of halogens is 3. The lowest BCUT2D eigenvalue weighted by atomic mass is 10.1. The van der Waals surface area contributed by atoms with Crippen LogP contribution < -0.4 is 0 Å². The molecule has 0 spiro atoms. The third-order valence-electron chi connectivity index (χ3n) is 3.72. The molecule has 0 bridgehead atoms. The number of benzene rings is 1. The zero-order chi connectivity index (χ0) is 15.0. The molecule has 1 aliphatic heterocycles. The number of amides is 1. The van der Waals surface area contributed by atoms with Crippen molar-refractivity contribution in [3.63, 3.8) is 0 Å². The van der Waals surface area contributed by atoms with Gasteiger partial charge in [-0.25, -0.2) is 4.39 Å². The van der Waals surface area contributed by atoms with E-state index in [0.29, 0.717) is 18.7 Å². The summed E-state index contributed by atoms with van der Waals surface area (Å²) in [4.78, 5) is 17.4. The third-order valence-corrected chi connectivity index (χ3v) is 5.72. The number of carbonyl (C=O) groups excluding carboxylic acids is 1. The van der Waals surface area contributed by atoms with Crippen molar-refractivity contribution in [2.75, 3.05) is 6.54 Å². The topological polar surface area (TPSA) is 36.1 Å². The molecule has 1 aliphatic rings. The van der Waals surface area contributed by atoms with Gasteiger partial charge in [-0.3, -0.25) is 4.79 Å². The minimum atomic E-state index is -0.325. The first-order chi connectivity index (χ1) is 10.1. The second-order valence-corrected chi connectivity index (χ2v) is 6.63. The van der Waals surface area contributed by atoms with Crippen LogP contribution in [-0.2, 0) is 24.2 Å². The summed E-state index contributed by atoms with van der Waals surface area (Å²) < 4.78 is 15.5. The van der Waals surface area contributed by atoms with E-state index in [-0.39, 0.29) is 18.1 Å². The number of aromatic amines is 1. The van der Waals surface area contributed by atoms with Crippen LogP contribution in [0.3, 0.4) is 0 Å². The number of nitrogens with zero attached hydrogens (tertiary/aromatic N) is 1. The summed E-state index contributed by atoms with van der Waals surface area (Å²) in [6.45, 7) is 1.20. The van der Waals surface area contributed by atoms with Crippen LogP contribution in [0.5, 0.6) is 0 Å². The van der Waals surface area contributed by atoms with E-state index >= 15 is 0 Å². The molecule has 1 aromatic carbocycles. The Hall–Kier alpha value is -1.14. The highest BCUT2D eigenvalue weighted by Crippen LogP contribution is 2.33. The maximum Gasteiger partial charge on any atom is 0.227 e. The lowest BCUT2D eigenvalue weighted by Gasteiger charge is -2.27. The number of aromatic nitrogens is 1. The van der Waals surface area contributed by atoms with E-state index in [0.717, 1.165) is 26.8 Å². The van der Waals surface area contributed by atoms with Crippen LogP contribution in [0.25, 0.3) is 0 Å². The SMILES string of the molecule is O=C(Cc1ccccc1F)N1CCc2[nH]c(Br)c(Br)c2C1. The van der Waals surface area contributed by atoms with Crippen molar-refractivity contribution in [2.45, 2.75) is 19.4 Å². The third kappa shape index (κ3) is 2.92. The minimum Gasteiger partial charge on any atom is -0.352 e. The first-order valence-corrected chi connectivity index (χ1v) is 8.20. The molecule has 1 N–H and O–H groups in total. The summed E-state index contributed by atoms with van der Waals surface area (Å²) in [6.07, 6.45) is 0.883. The summed E-state index contributed by atoms with van der Waals surface area (Å²) in [6, 6.07) is 6.42. The van der Waals surface area contributed by atoms with E-state index in [1.807, 2.05) is 0 Å². The maximum absolute atomic E-state index is 13.6. The van der Waals surface area contributed by atoms with Gasteiger partial charge in [0.05, 0.1) is 15.5 Å². The average molecular weight is 416 g/mol. The van der Waals surface area contributed by atoms with Gasteiger partial charge in [-0.2, -0.15) is 0 Å². The number of fused-ring (bicyclic) bond motifs is 1. The summed E-state index contributed by atoms with van der Waals surface area (Å²) in [5.74, 6) is -0.371. The van der Waals surface area contributed by atoms with Crippen molar-refractivity contribution < 1.29 is 9.18 Å². The van der Waals surface area contributed by atoms with Gasteiger partial charge in [0, 0.05) is 30.8 Å². The number of hydrogen-bond acceptors (Lipinski definition) is 1. The molecular weight excluding hydrogens is 403 g/mol. The Balaban J connectivity index is 1.75. The van der Waals surface area contributed by atoms with E-state index in [1.165, 1.54) is 6.07 Å². The van der Waals surface area contributed by atoms with Gasteiger partial charge in [0.25, 0.3) is 0 Å². The Morgan fingerprint density at radius 2 is 2.10 bits per heavy atom. The monoisotopic (exact) mass is 414 g/mol. The van der Waals surface area contributed by atoms with Crippen molar-refractivity contribution in [3.8, 4) is 0 Å². The zero-order valence-corrected chi connectivity index (χ0v) is 14.3. The van der Waals surface area contributed by atoms with E-state index in [9.17, 15) is 9.18 Å². The number of rotatable bonds is 2. The fraction of sp³-hybridized carbons (Fsp3) is 0.267. The van der Waals surface area contributed by atoms with E-state index in [4.69, 9.17) is 0 Å². The first kappa shape index (κ1) is 14.8. The molecule has 3 nitrogen and oxygen atoms in total. The van der Waals surface area contributed by atoms with Crippen LogP contribution >= 0.6 is 31.9 Å². The standard InChI is InChI=1S/C15H13Br2FN2O/c16-14-10-8-20(6-5-12(10)19-15(14)17)13(21)7-9-3-1-2-4-11(9)18/h1-4,19H,5-8H2. The molecule has 0 saturated carbocycles. The second-order valence-electron chi connectivity index (χ2n) is 5.04. The lowest BCUT2D eigenvalue weighted by Crippen LogP contribution is -2.37. The van der Waals surface area contributed by atoms with Gasteiger partial charge < -0.3 is 9.88 Å². The van der Waals surface area contributed by atoms with Crippen molar-refractivity contribution >= 4 is 37.8 Å². The van der Waals surface area contributed by atoms with Gasteiger partial charge >= 0.3 is 0 Å². The Bertz CT molecular complexity index is 699. The molecule has 1 aromatic heterocycles. The van der Waals surface area contributed by atoms with Crippen LogP contribution in [-0.4, -0.2) is 22.3 Å². The van der Waals surface area contributed by atoms with Crippen LogP contribution in [0.1, 0.15) is 16.8 Å². The molecule has 21 heavy (non-hydrogen) atoms. The fourth-order valence-corrected chi connectivity index (χ4v) is 3.49. The fourth-order valence-electron chi connectivity index (χ4n) is 2.55. The summed E-state index contributed by atoms with van der Waals surface area (Å²) in [5.41, 5.74) is 2.68. The van der Waals surface area contributed by atoms with Crippen LogP contribution in [0.15, 0.2) is 33.3 Å². The number of carbonyl (C=O) groups is 1. The van der Waals surface area contributed by atoms with Crippen molar-refractivity contribution in [1.29, 1.82) is 0 Å². The Kier molecular flexibility index (Phi) is 4.17. The smallest absolute Gasteiger partial charge is 0.227 e. The molecule has 2 heterocycles. The highest BCUT2D eigenvalue weighted by molar-refractivity contribution is 9.13. The number of hydrogen-bond donors (Lipinski definition) is 1. The zero-order valence-electron chi connectivity index (χ0n) is 11.1. The molecule has 0 aliphatic carbocycles. The summed E-state index contributed by atoms with van der Waals surface area (Å²) in [5, 5.41) is 0. The molecule has 0 saturated heterocycles. The maximum atomic E-state index is 13.6. The van der Waals surface area contributed by atoms with Crippen LogP contribution in [0.4, 0.5) is 4.39 Å². The van der Waals surface area contributed by atoms with Gasteiger partial charge in [0.15, 0.2) is 0 Å². The van der Waals surface area contributed by atoms with Gasteiger partial charge in [0.1, 0.15) is 5.82 Å². The highest BCUT2D eigenvalue weighted by atomic mass is 79.9.